The molecule has 0 fully saturated rings. The van der Waals surface area contributed by atoms with Crippen molar-refractivity contribution in [3.8, 4) is 11.5 Å². The van der Waals surface area contributed by atoms with Crippen LogP contribution < -0.4 is 14.8 Å². The van der Waals surface area contributed by atoms with Gasteiger partial charge in [-0.05, 0) is 30.0 Å². The molecule has 0 bridgehead atoms. The number of nitrogens with one attached hydrogen (secondary N) is 1. The number of rotatable bonds is 3. The predicted octanol–water partition coefficient (Wildman–Crippen LogP) is 2.94. The van der Waals surface area contributed by atoms with Crippen molar-refractivity contribution in [2.45, 2.75) is 40.3 Å². The van der Waals surface area contributed by atoms with E-state index >= 15 is 0 Å². The maximum atomic E-state index is 5.36. The van der Waals surface area contributed by atoms with E-state index < -0.39 is 0 Å². The van der Waals surface area contributed by atoms with Crippen molar-refractivity contribution in [1.29, 1.82) is 0 Å². The standard InChI is InChI=1S/C14H21NO2/c1-10(14(2,3)4)15-8-11-5-6-12-13(7-11)17-9-16-12/h5-7,10,15H,8-9H2,1-4H3. The fourth-order valence-corrected chi connectivity index (χ4v) is 1.63. The lowest BCUT2D eigenvalue weighted by atomic mass is 9.88. The Morgan fingerprint density at radius 1 is 1.24 bits per heavy atom. The molecule has 0 saturated heterocycles. The number of fused-ring (bicyclic) bond motifs is 1. The monoisotopic (exact) mass is 235 g/mol. The Morgan fingerprint density at radius 3 is 2.65 bits per heavy atom. The minimum atomic E-state index is 0.274. The first-order valence-electron chi connectivity index (χ1n) is 6.09. The Hall–Kier alpha value is -1.22. The number of benzene rings is 1. The predicted molar refractivity (Wildman–Crippen MR) is 68.3 cm³/mol. The molecule has 1 aromatic carbocycles. The van der Waals surface area contributed by atoms with Gasteiger partial charge in [-0.25, -0.2) is 0 Å². The molecule has 0 amide bonds. The van der Waals surface area contributed by atoms with Crippen LogP contribution in [0.15, 0.2) is 18.2 Å². The van der Waals surface area contributed by atoms with E-state index in [1.165, 1.54) is 5.56 Å². The van der Waals surface area contributed by atoms with E-state index in [1.807, 2.05) is 12.1 Å². The van der Waals surface area contributed by atoms with Gasteiger partial charge in [0.05, 0.1) is 0 Å². The Morgan fingerprint density at radius 2 is 1.94 bits per heavy atom. The summed E-state index contributed by atoms with van der Waals surface area (Å²) in [7, 11) is 0. The van der Waals surface area contributed by atoms with Crippen LogP contribution in [0.5, 0.6) is 11.5 Å². The summed E-state index contributed by atoms with van der Waals surface area (Å²) < 4.78 is 10.7. The summed E-state index contributed by atoms with van der Waals surface area (Å²) in [5.41, 5.74) is 1.50. The lowest BCUT2D eigenvalue weighted by Gasteiger charge is -2.28. The van der Waals surface area contributed by atoms with Crippen LogP contribution in [0.4, 0.5) is 0 Å². The second-order valence-electron chi connectivity index (χ2n) is 5.66. The van der Waals surface area contributed by atoms with Crippen LogP contribution >= 0.6 is 0 Å². The zero-order valence-corrected chi connectivity index (χ0v) is 11.0. The molecular weight excluding hydrogens is 214 g/mol. The second kappa shape index (κ2) is 4.57. The summed E-state index contributed by atoms with van der Waals surface area (Å²) in [5.74, 6) is 1.70. The highest BCUT2D eigenvalue weighted by Gasteiger charge is 2.19. The largest absolute Gasteiger partial charge is 0.454 e. The minimum absolute atomic E-state index is 0.274. The molecule has 0 saturated carbocycles. The molecule has 0 radical (unpaired) electrons. The van der Waals surface area contributed by atoms with Crippen LogP contribution in [0.2, 0.25) is 0 Å². The number of ether oxygens (including phenoxy) is 2. The third-order valence-electron chi connectivity index (χ3n) is 3.35. The Kier molecular flexibility index (Phi) is 3.29. The van der Waals surface area contributed by atoms with Crippen LogP contribution in [0, 0.1) is 5.41 Å². The molecule has 3 heteroatoms. The van der Waals surface area contributed by atoms with Crippen molar-refractivity contribution in [3.63, 3.8) is 0 Å². The molecule has 0 aliphatic carbocycles. The first kappa shape index (κ1) is 12.2. The lowest BCUT2D eigenvalue weighted by Crippen LogP contribution is -2.37. The Labute approximate surface area is 103 Å². The summed E-state index contributed by atoms with van der Waals surface area (Å²) in [4.78, 5) is 0. The van der Waals surface area contributed by atoms with Crippen molar-refractivity contribution in [2.24, 2.45) is 5.41 Å². The van der Waals surface area contributed by atoms with Gasteiger partial charge in [-0.1, -0.05) is 26.8 Å². The summed E-state index contributed by atoms with van der Waals surface area (Å²) in [6, 6.07) is 6.56. The van der Waals surface area contributed by atoms with Gasteiger partial charge in [0.25, 0.3) is 0 Å². The van der Waals surface area contributed by atoms with E-state index in [2.05, 4.69) is 39.1 Å². The van der Waals surface area contributed by atoms with E-state index in [0.717, 1.165) is 18.0 Å². The number of hydrogen-bond acceptors (Lipinski definition) is 3. The third kappa shape index (κ3) is 2.91. The molecule has 1 aliphatic rings. The van der Waals surface area contributed by atoms with Gasteiger partial charge in [-0.15, -0.1) is 0 Å². The quantitative estimate of drug-likeness (QED) is 0.873. The smallest absolute Gasteiger partial charge is 0.231 e. The van der Waals surface area contributed by atoms with E-state index in [0.29, 0.717) is 12.8 Å². The fraction of sp³-hybridized carbons (Fsp3) is 0.571. The lowest BCUT2D eigenvalue weighted by molar-refractivity contribution is 0.174. The normalized spacial score (nSPS) is 16.0. The van der Waals surface area contributed by atoms with Crippen LogP contribution in [0.25, 0.3) is 0 Å². The maximum Gasteiger partial charge on any atom is 0.231 e. The van der Waals surface area contributed by atoms with E-state index in [9.17, 15) is 0 Å². The molecule has 2 rings (SSSR count). The molecule has 0 aromatic heterocycles. The molecule has 1 aromatic rings. The van der Waals surface area contributed by atoms with E-state index in [4.69, 9.17) is 9.47 Å². The van der Waals surface area contributed by atoms with Gasteiger partial charge in [-0.3, -0.25) is 0 Å². The topological polar surface area (TPSA) is 30.5 Å². The van der Waals surface area contributed by atoms with Gasteiger partial charge in [0.2, 0.25) is 6.79 Å². The first-order chi connectivity index (χ1) is 7.97. The van der Waals surface area contributed by atoms with E-state index in [1.54, 1.807) is 0 Å². The molecule has 1 heterocycles. The van der Waals surface area contributed by atoms with Gasteiger partial charge in [0, 0.05) is 12.6 Å². The van der Waals surface area contributed by atoms with Crippen LogP contribution in [-0.2, 0) is 6.54 Å². The van der Waals surface area contributed by atoms with Crippen molar-refractivity contribution in [3.05, 3.63) is 23.8 Å². The summed E-state index contributed by atoms with van der Waals surface area (Å²) in [6.45, 7) is 10.1. The molecule has 1 aliphatic heterocycles. The SMILES string of the molecule is CC(NCc1ccc2c(c1)OCO2)C(C)(C)C. The molecule has 3 nitrogen and oxygen atoms in total. The fourth-order valence-electron chi connectivity index (χ4n) is 1.63. The van der Waals surface area contributed by atoms with Crippen LogP contribution in [0.3, 0.4) is 0 Å². The van der Waals surface area contributed by atoms with Gasteiger partial charge in [0.1, 0.15) is 0 Å². The summed E-state index contributed by atoms with van der Waals surface area (Å²) >= 11 is 0. The average Bonchev–Trinajstić information content (AvgIpc) is 2.71. The highest BCUT2D eigenvalue weighted by molar-refractivity contribution is 5.44. The van der Waals surface area contributed by atoms with Crippen LogP contribution in [0.1, 0.15) is 33.3 Å². The first-order valence-corrected chi connectivity index (χ1v) is 6.09. The average molecular weight is 235 g/mol. The van der Waals surface area contributed by atoms with Crippen molar-refractivity contribution < 1.29 is 9.47 Å². The molecule has 1 atom stereocenters. The van der Waals surface area contributed by atoms with E-state index in [-0.39, 0.29) is 5.41 Å². The molecule has 17 heavy (non-hydrogen) atoms. The number of hydrogen-bond donors (Lipinski definition) is 1. The zero-order chi connectivity index (χ0) is 12.5. The Bertz CT molecular complexity index is 396. The Balaban J connectivity index is 1.96. The summed E-state index contributed by atoms with van der Waals surface area (Å²) in [5, 5.41) is 3.53. The molecule has 1 N–H and O–H groups in total. The minimum Gasteiger partial charge on any atom is -0.454 e. The van der Waals surface area contributed by atoms with Crippen molar-refractivity contribution >= 4 is 0 Å². The third-order valence-corrected chi connectivity index (χ3v) is 3.35. The van der Waals surface area contributed by atoms with Gasteiger partial charge in [-0.2, -0.15) is 0 Å². The highest BCUT2D eigenvalue weighted by atomic mass is 16.7. The highest BCUT2D eigenvalue weighted by Crippen LogP contribution is 2.32. The molecule has 1 unspecified atom stereocenters. The second-order valence-corrected chi connectivity index (χ2v) is 5.66. The van der Waals surface area contributed by atoms with Gasteiger partial charge in [0.15, 0.2) is 11.5 Å². The molecule has 0 spiro atoms. The molecular formula is C14H21NO2. The summed E-state index contributed by atoms with van der Waals surface area (Å²) in [6.07, 6.45) is 0. The van der Waals surface area contributed by atoms with Crippen molar-refractivity contribution in [1.82, 2.24) is 5.32 Å². The van der Waals surface area contributed by atoms with Gasteiger partial charge < -0.3 is 14.8 Å². The molecule has 94 valence electrons. The van der Waals surface area contributed by atoms with Crippen LogP contribution in [-0.4, -0.2) is 12.8 Å². The zero-order valence-electron chi connectivity index (χ0n) is 11.0. The maximum absolute atomic E-state index is 5.36. The van der Waals surface area contributed by atoms with Gasteiger partial charge >= 0.3 is 0 Å². The van der Waals surface area contributed by atoms with Crippen molar-refractivity contribution in [2.75, 3.05) is 6.79 Å².